The van der Waals surface area contributed by atoms with Gasteiger partial charge in [-0.15, -0.1) is 0 Å². The molecule has 1 aliphatic heterocycles. The minimum atomic E-state index is -1.12. The van der Waals surface area contributed by atoms with Crippen molar-refractivity contribution in [1.29, 1.82) is 0 Å². The van der Waals surface area contributed by atoms with Crippen LogP contribution in [0.5, 0.6) is 0 Å². The van der Waals surface area contributed by atoms with Crippen LogP contribution in [0.25, 0.3) is 10.9 Å². The molecule has 6 nitrogen and oxygen atoms in total. The van der Waals surface area contributed by atoms with Gasteiger partial charge >= 0.3 is 0 Å². The Morgan fingerprint density at radius 3 is 2.55 bits per heavy atom. The molecular formula is C23H24F2N4O2. The van der Waals surface area contributed by atoms with E-state index < -0.39 is 17.2 Å². The van der Waals surface area contributed by atoms with Crippen molar-refractivity contribution in [1.82, 2.24) is 20.5 Å². The summed E-state index contributed by atoms with van der Waals surface area (Å²) in [4.78, 5) is 26.3. The second-order valence-corrected chi connectivity index (χ2v) is 7.85. The Kier molecular flexibility index (Phi) is 5.73. The molecule has 0 aliphatic carbocycles. The second kappa shape index (κ2) is 8.47. The highest BCUT2D eigenvalue weighted by atomic mass is 19.1. The molecule has 162 valence electrons. The smallest absolute Gasteiger partial charge is 0.268 e. The Bertz CT molecular complexity index is 1140. The summed E-state index contributed by atoms with van der Waals surface area (Å²) in [6.45, 7) is 1.03. The summed E-state index contributed by atoms with van der Waals surface area (Å²) < 4.78 is 28.9. The molecule has 1 aliphatic rings. The fourth-order valence-corrected chi connectivity index (χ4v) is 4.06. The summed E-state index contributed by atoms with van der Waals surface area (Å²) in [6.07, 6.45) is 0.806. The quantitative estimate of drug-likeness (QED) is 0.587. The number of piperidine rings is 1. The van der Waals surface area contributed by atoms with E-state index in [1.807, 2.05) is 31.3 Å². The van der Waals surface area contributed by atoms with Gasteiger partial charge in [-0.1, -0.05) is 24.3 Å². The van der Waals surface area contributed by atoms with E-state index in [-0.39, 0.29) is 23.9 Å². The summed E-state index contributed by atoms with van der Waals surface area (Å²) in [5.74, 6) is -2.13. The van der Waals surface area contributed by atoms with Gasteiger partial charge in [-0.2, -0.15) is 0 Å². The molecule has 0 saturated carbocycles. The summed E-state index contributed by atoms with van der Waals surface area (Å²) in [5.41, 5.74) is 0.438. The zero-order valence-electron chi connectivity index (χ0n) is 17.2. The normalized spacial score (nSPS) is 15.6. The lowest BCUT2D eigenvalue weighted by Gasteiger charge is -2.37. The molecule has 1 aromatic heterocycles. The van der Waals surface area contributed by atoms with E-state index in [1.165, 1.54) is 6.07 Å². The molecule has 31 heavy (non-hydrogen) atoms. The minimum absolute atomic E-state index is 0.0932. The summed E-state index contributed by atoms with van der Waals surface area (Å²) in [7, 11) is 1.81. The number of amides is 2. The fourth-order valence-electron chi connectivity index (χ4n) is 4.06. The Balaban J connectivity index is 1.54. The molecule has 1 fully saturated rings. The maximum atomic E-state index is 13.9. The highest BCUT2D eigenvalue weighted by Crippen LogP contribution is 2.23. The van der Waals surface area contributed by atoms with Crippen molar-refractivity contribution in [3.05, 3.63) is 71.4 Å². The van der Waals surface area contributed by atoms with Crippen LogP contribution in [0.15, 0.2) is 48.5 Å². The van der Waals surface area contributed by atoms with Crippen LogP contribution in [-0.2, 0) is 18.4 Å². The number of nitrogens with zero attached hydrogens (tertiary/aromatic N) is 1. The molecule has 2 heterocycles. The Labute approximate surface area is 178 Å². The maximum absolute atomic E-state index is 13.9. The van der Waals surface area contributed by atoms with Gasteiger partial charge in [-0.25, -0.2) is 8.78 Å². The maximum Gasteiger partial charge on any atom is 0.268 e. The predicted octanol–water partition coefficient (Wildman–Crippen LogP) is 2.62. The second-order valence-electron chi connectivity index (χ2n) is 7.85. The number of carbonyl (C=O) groups excluding carboxylic acids is 2. The van der Waals surface area contributed by atoms with Crippen molar-refractivity contribution >= 4 is 22.7 Å². The molecule has 0 spiro atoms. The highest BCUT2D eigenvalue weighted by Gasteiger charge is 2.41. The van der Waals surface area contributed by atoms with Gasteiger partial charge in [0.05, 0.1) is 0 Å². The number of fused-ring (bicyclic) bond motifs is 1. The van der Waals surface area contributed by atoms with Crippen LogP contribution >= 0.6 is 0 Å². The number of para-hydroxylation sites is 1. The van der Waals surface area contributed by atoms with Crippen LogP contribution in [0, 0.1) is 11.6 Å². The van der Waals surface area contributed by atoms with Crippen molar-refractivity contribution in [2.75, 3.05) is 13.1 Å². The van der Waals surface area contributed by atoms with Crippen LogP contribution in [-0.4, -0.2) is 35.0 Å². The zero-order chi connectivity index (χ0) is 22.0. The first kappa shape index (κ1) is 21.0. The van der Waals surface area contributed by atoms with Crippen molar-refractivity contribution in [2.24, 2.45) is 7.05 Å². The number of carbonyl (C=O) groups is 2. The average Bonchev–Trinajstić information content (AvgIpc) is 3.10. The largest absolute Gasteiger partial charge is 0.350 e. The summed E-state index contributed by atoms with van der Waals surface area (Å²) in [5, 5.41) is 9.79. The van der Waals surface area contributed by atoms with Gasteiger partial charge < -0.3 is 20.5 Å². The monoisotopic (exact) mass is 426 g/mol. The van der Waals surface area contributed by atoms with Crippen LogP contribution in [0.2, 0.25) is 0 Å². The first-order valence-corrected chi connectivity index (χ1v) is 10.2. The third-order valence-corrected chi connectivity index (χ3v) is 5.88. The van der Waals surface area contributed by atoms with Crippen LogP contribution in [0.4, 0.5) is 8.78 Å². The van der Waals surface area contributed by atoms with E-state index in [2.05, 4.69) is 16.0 Å². The number of hydrogen-bond acceptors (Lipinski definition) is 3. The Morgan fingerprint density at radius 2 is 1.84 bits per heavy atom. The van der Waals surface area contributed by atoms with Gasteiger partial charge in [0, 0.05) is 36.1 Å². The standard InChI is InChI=1S/C23H24F2N4O2/c1-29-19-5-3-2-4-15(19)12-20(29)21(30)28-23(8-10-26-11-9-23)22(31)27-14-16-6-7-17(24)13-18(16)25/h2-7,12-13,26H,8-11,14H2,1H3,(H,27,31)(H,28,30). The molecule has 0 atom stereocenters. The lowest BCUT2D eigenvalue weighted by atomic mass is 9.87. The molecule has 2 amide bonds. The topological polar surface area (TPSA) is 75.2 Å². The van der Waals surface area contributed by atoms with Gasteiger partial charge in [0.1, 0.15) is 22.9 Å². The SMILES string of the molecule is Cn1c(C(=O)NC2(C(=O)NCc3ccc(F)cc3F)CCNCC2)cc2ccccc21. The third-order valence-electron chi connectivity index (χ3n) is 5.88. The number of halogens is 2. The van der Waals surface area contributed by atoms with E-state index >= 15 is 0 Å². The Morgan fingerprint density at radius 1 is 1.10 bits per heavy atom. The number of nitrogens with one attached hydrogen (secondary N) is 3. The van der Waals surface area contributed by atoms with Gasteiger partial charge in [0.15, 0.2) is 0 Å². The summed E-state index contributed by atoms with van der Waals surface area (Å²) in [6, 6.07) is 12.7. The van der Waals surface area contributed by atoms with Crippen LogP contribution < -0.4 is 16.0 Å². The van der Waals surface area contributed by atoms with Crippen LogP contribution in [0.3, 0.4) is 0 Å². The number of aromatic nitrogens is 1. The van der Waals surface area contributed by atoms with Crippen molar-refractivity contribution in [3.8, 4) is 0 Å². The van der Waals surface area contributed by atoms with Crippen molar-refractivity contribution in [2.45, 2.75) is 24.9 Å². The van der Waals surface area contributed by atoms with E-state index in [4.69, 9.17) is 0 Å². The van der Waals surface area contributed by atoms with Gasteiger partial charge in [0.2, 0.25) is 5.91 Å². The van der Waals surface area contributed by atoms with E-state index in [1.54, 1.807) is 10.6 Å². The molecule has 1 saturated heterocycles. The van der Waals surface area contributed by atoms with E-state index in [0.29, 0.717) is 31.6 Å². The fraction of sp³-hybridized carbons (Fsp3) is 0.304. The van der Waals surface area contributed by atoms with E-state index in [0.717, 1.165) is 23.0 Å². The molecule has 8 heteroatoms. The number of aryl methyl sites for hydroxylation is 1. The van der Waals surface area contributed by atoms with Crippen LogP contribution in [0.1, 0.15) is 28.9 Å². The van der Waals surface area contributed by atoms with Crippen molar-refractivity contribution in [3.63, 3.8) is 0 Å². The number of benzene rings is 2. The molecule has 4 rings (SSSR count). The first-order valence-electron chi connectivity index (χ1n) is 10.2. The first-order chi connectivity index (χ1) is 14.9. The van der Waals surface area contributed by atoms with Crippen molar-refractivity contribution < 1.29 is 18.4 Å². The molecule has 0 radical (unpaired) electrons. The summed E-state index contributed by atoms with van der Waals surface area (Å²) >= 11 is 0. The minimum Gasteiger partial charge on any atom is -0.350 e. The molecule has 0 bridgehead atoms. The zero-order valence-corrected chi connectivity index (χ0v) is 17.2. The average molecular weight is 426 g/mol. The lowest BCUT2D eigenvalue weighted by molar-refractivity contribution is -0.128. The third kappa shape index (κ3) is 4.16. The molecule has 3 aromatic rings. The lowest BCUT2D eigenvalue weighted by Crippen LogP contribution is -2.62. The molecular weight excluding hydrogens is 402 g/mol. The molecule has 2 aromatic carbocycles. The van der Waals surface area contributed by atoms with E-state index in [9.17, 15) is 18.4 Å². The number of hydrogen-bond donors (Lipinski definition) is 3. The predicted molar refractivity (Wildman–Crippen MR) is 113 cm³/mol. The van der Waals surface area contributed by atoms with Gasteiger partial charge in [-0.3, -0.25) is 9.59 Å². The molecule has 0 unspecified atom stereocenters. The highest BCUT2D eigenvalue weighted by molar-refractivity contribution is 6.02. The number of rotatable bonds is 5. The molecule has 3 N–H and O–H groups in total. The Hall–Kier alpha value is -3.26. The van der Waals surface area contributed by atoms with Gasteiger partial charge in [0.25, 0.3) is 5.91 Å². The van der Waals surface area contributed by atoms with Gasteiger partial charge in [-0.05, 0) is 44.1 Å².